The SMILES string of the molecule is CC(=O)O[C@@H]1C(=O)N(c2ccc(C(=O)O)cc2)C(=O)[C@H]1OC(C)=O. The minimum Gasteiger partial charge on any atom is -0.478 e. The maximum atomic E-state index is 12.4. The van der Waals surface area contributed by atoms with Crippen LogP contribution in [0.3, 0.4) is 0 Å². The van der Waals surface area contributed by atoms with E-state index < -0.39 is 41.9 Å². The predicted molar refractivity (Wildman–Crippen MR) is 77.0 cm³/mol. The van der Waals surface area contributed by atoms with Crippen LogP contribution < -0.4 is 4.90 Å². The third-order valence-corrected chi connectivity index (χ3v) is 3.16. The molecule has 24 heavy (non-hydrogen) atoms. The average Bonchev–Trinajstić information content (AvgIpc) is 2.71. The second-order valence-electron chi connectivity index (χ2n) is 4.92. The van der Waals surface area contributed by atoms with Gasteiger partial charge in [-0.25, -0.2) is 9.69 Å². The molecule has 9 heteroatoms. The van der Waals surface area contributed by atoms with Crippen molar-refractivity contribution in [1.29, 1.82) is 0 Å². The van der Waals surface area contributed by atoms with Crippen molar-refractivity contribution in [2.45, 2.75) is 26.1 Å². The number of anilines is 1. The summed E-state index contributed by atoms with van der Waals surface area (Å²) in [5.41, 5.74) is 0.0349. The van der Waals surface area contributed by atoms with Crippen molar-refractivity contribution in [1.82, 2.24) is 0 Å². The Morgan fingerprint density at radius 1 is 0.917 bits per heavy atom. The fourth-order valence-corrected chi connectivity index (χ4v) is 2.21. The third-order valence-electron chi connectivity index (χ3n) is 3.16. The number of hydrogen-bond acceptors (Lipinski definition) is 7. The summed E-state index contributed by atoms with van der Waals surface area (Å²) in [6.45, 7) is 2.10. The van der Waals surface area contributed by atoms with Crippen LogP contribution in [0.2, 0.25) is 0 Å². The predicted octanol–water partition coefficient (Wildman–Crippen LogP) is 0.121. The Hall–Kier alpha value is -3.23. The van der Waals surface area contributed by atoms with E-state index in [0.717, 1.165) is 13.8 Å². The summed E-state index contributed by atoms with van der Waals surface area (Å²) >= 11 is 0. The molecular weight excluding hydrogens is 322 g/mol. The highest BCUT2D eigenvalue weighted by Crippen LogP contribution is 2.27. The summed E-state index contributed by atoms with van der Waals surface area (Å²) in [5, 5.41) is 8.86. The number of esters is 2. The molecule has 1 heterocycles. The van der Waals surface area contributed by atoms with Crippen molar-refractivity contribution in [2.24, 2.45) is 0 Å². The lowest BCUT2D eigenvalue weighted by atomic mass is 10.2. The van der Waals surface area contributed by atoms with Gasteiger partial charge in [-0.1, -0.05) is 0 Å². The number of nitrogens with zero attached hydrogens (tertiary/aromatic N) is 1. The van der Waals surface area contributed by atoms with E-state index in [0.29, 0.717) is 4.90 Å². The molecule has 1 aliphatic heterocycles. The summed E-state index contributed by atoms with van der Waals surface area (Å²) in [6, 6.07) is 4.91. The Kier molecular flexibility index (Phi) is 4.63. The summed E-state index contributed by atoms with van der Waals surface area (Å²) < 4.78 is 9.60. The lowest BCUT2D eigenvalue weighted by Crippen LogP contribution is -2.36. The number of carboxylic acids is 1. The zero-order valence-corrected chi connectivity index (χ0v) is 12.7. The monoisotopic (exact) mass is 335 g/mol. The van der Waals surface area contributed by atoms with Gasteiger partial charge in [0.15, 0.2) is 0 Å². The summed E-state index contributed by atoms with van der Waals surface area (Å²) in [6.07, 6.45) is -3.17. The van der Waals surface area contributed by atoms with Crippen molar-refractivity contribution in [3.05, 3.63) is 29.8 Å². The Morgan fingerprint density at radius 2 is 1.33 bits per heavy atom. The van der Waals surface area contributed by atoms with Crippen LogP contribution in [0.4, 0.5) is 5.69 Å². The standard InChI is InChI=1S/C15H13NO8/c1-7(17)23-11-12(24-8(2)18)14(20)16(13(11)19)10-5-3-9(4-6-10)15(21)22/h3-6,11-12H,1-2H3,(H,21,22)/t11-,12-/m0/s1. The van der Waals surface area contributed by atoms with Crippen molar-refractivity contribution < 1.29 is 38.6 Å². The number of benzene rings is 1. The van der Waals surface area contributed by atoms with Gasteiger partial charge in [0, 0.05) is 13.8 Å². The quantitative estimate of drug-likeness (QED) is 0.607. The zero-order valence-electron chi connectivity index (χ0n) is 12.7. The van der Waals surface area contributed by atoms with Crippen LogP contribution in [0.1, 0.15) is 24.2 Å². The van der Waals surface area contributed by atoms with E-state index in [1.54, 1.807) is 0 Å². The van der Waals surface area contributed by atoms with E-state index >= 15 is 0 Å². The minimum absolute atomic E-state index is 0.0362. The number of imide groups is 1. The van der Waals surface area contributed by atoms with E-state index in [1.165, 1.54) is 24.3 Å². The van der Waals surface area contributed by atoms with Crippen LogP contribution in [0.25, 0.3) is 0 Å². The van der Waals surface area contributed by atoms with E-state index in [-0.39, 0.29) is 11.3 Å². The van der Waals surface area contributed by atoms with E-state index in [2.05, 4.69) is 0 Å². The first-order valence-electron chi connectivity index (χ1n) is 6.78. The van der Waals surface area contributed by atoms with Crippen LogP contribution in [0.15, 0.2) is 24.3 Å². The molecule has 1 aromatic rings. The van der Waals surface area contributed by atoms with Crippen LogP contribution in [-0.2, 0) is 28.7 Å². The number of carboxylic acid groups (broad SMARTS) is 1. The Labute approximate surface area is 135 Å². The van der Waals surface area contributed by atoms with E-state index in [4.69, 9.17) is 14.6 Å². The zero-order chi connectivity index (χ0) is 18.0. The maximum absolute atomic E-state index is 12.4. The number of rotatable bonds is 4. The van der Waals surface area contributed by atoms with Gasteiger partial charge >= 0.3 is 17.9 Å². The van der Waals surface area contributed by atoms with Gasteiger partial charge in [0.25, 0.3) is 11.8 Å². The molecular formula is C15H13NO8. The van der Waals surface area contributed by atoms with Crippen molar-refractivity contribution in [3.8, 4) is 0 Å². The summed E-state index contributed by atoms with van der Waals surface area (Å²) in [4.78, 5) is 58.6. The molecule has 1 aromatic carbocycles. The molecule has 1 saturated heterocycles. The molecule has 2 amide bonds. The molecule has 126 valence electrons. The van der Waals surface area contributed by atoms with Gasteiger partial charge in [0.2, 0.25) is 12.2 Å². The molecule has 9 nitrogen and oxygen atoms in total. The molecule has 0 saturated carbocycles. The number of amides is 2. The number of aromatic carboxylic acids is 1. The van der Waals surface area contributed by atoms with Crippen molar-refractivity contribution in [3.63, 3.8) is 0 Å². The summed E-state index contributed by atoms with van der Waals surface area (Å²) in [5.74, 6) is -4.58. The number of carbonyl (C=O) groups is 5. The van der Waals surface area contributed by atoms with Crippen LogP contribution in [0, 0.1) is 0 Å². The fourth-order valence-electron chi connectivity index (χ4n) is 2.21. The number of carbonyl (C=O) groups excluding carboxylic acids is 4. The van der Waals surface area contributed by atoms with Gasteiger partial charge < -0.3 is 14.6 Å². The van der Waals surface area contributed by atoms with Crippen LogP contribution in [-0.4, -0.2) is 47.0 Å². The van der Waals surface area contributed by atoms with Gasteiger partial charge in [0.05, 0.1) is 11.3 Å². The molecule has 2 atom stereocenters. The Morgan fingerprint density at radius 3 is 1.67 bits per heavy atom. The normalized spacial score (nSPS) is 20.0. The Bertz CT molecular complexity index is 689. The van der Waals surface area contributed by atoms with Crippen molar-refractivity contribution in [2.75, 3.05) is 4.90 Å². The number of hydrogen-bond donors (Lipinski definition) is 1. The first-order valence-corrected chi connectivity index (χ1v) is 6.78. The highest BCUT2D eigenvalue weighted by atomic mass is 16.6. The number of ether oxygens (including phenoxy) is 2. The van der Waals surface area contributed by atoms with Gasteiger partial charge in [-0.2, -0.15) is 0 Å². The minimum atomic E-state index is -1.59. The van der Waals surface area contributed by atoms with Gasteiger partial charge in [0.1, 0.15) is 0 Å². The molecule has 1 aliphatic rings. The van der Waals surface area contributed by atoms with Gasteiger partial charge in [-0.05, 0) is 24.3 Å². The molecule has 0 bridgehead atoms. The molecule has 0 aromatic heterocycles. The lowest BCUT2D eigenvalue weighted by molar-refractivity contribution is -0.167. The second kappa shape index (κ2) is 6.49. The smallest absolute Gasteiger partial charge is 0.335 e. The van der Waals surface area contributed by atoms with Gasteiger partial charge in [-0.15, -0.1) is 0 Å². The first kappa shape index (κ1) is 17.1. The Balaban J connectivity index is 2.37. The lowest BCUT2D eigenvalue weighted by Gasteiger charge is -2.14. The van der Waals surface area contributed by atoms with Crippen molar-refractivity contribution >= 4 is 35.4 Å². The first-order chi connectivity index (χ1) is 11.2. The highest BCUT2D eigenvalue weighted by Gasteiger charge is 2.52. The molecule has 0 spiro atoms. The molecule has 0 radical (unpaired) electrons. The third kappa shape index (κ3) is 3.24. The molecule has 2 rings (SSSR count). The molecule has 1 N–H and O–H groups in total. The van der Waals surface area contributed by atoms with E-state index in [9.17, 15) is 24.0 Å². The van der Waals surface area contributed by atoms with E-state index in [1.807, 2.05) is 0 Å². The molecule has 1 fully saturated rings. The second-order valence-corrected chi connectivity index (χ2v) is 4.92. The largest absolute Gasteiger partial charge is 0.478 e. The highest BCUT2D eigenvalue weighted by molar-refractivity contribution is 6.25. The average molecular weight is 335 g/mol. The summed E-state index contributed by atoms with van der Waals surface area (Å²) in [7, 11) is 0. The van der Waals surface area contributed by atoms with Gasteiger partial charge in [-0.3, -0.25) is 19.2 Å². The topological polar surface area (TPSA) is 127 Å². The fraction of sp³-hybridized carbons (Fsp3) is 0.267. The molecule has 0 unspecified atom stereocenters. The van der Waals surface area contributed by atoms with Crippen LogP contribution >= 0.6 is 0 Å². The van der Waals surface area contributed by atoms with Crippen LogP contribution in [0.5, 0.6) is 0 Å². The maximum Gasteiger partial charge on any atom is 0.335 e. The molecule has 0 aliphatic carbocycles.